The first-order valence-corrected chi connectivity index (χ1v) is 7.81. The van der Waals surface area contributed by atoms with Crippen LogP contribution >= 0.6 is 0 Å². The molecule has 0 radical (unpaired) electrons. The number of nitrogens with zero attached hydrogens (tertiary/aromatic N) is 3. The molecule has 0 bridgehead atoms. The zero-order valence-electron chi connectivity index (χ0n) is 12.6. The fourth-order valence-corrected chi connectivity index (χ4v) is 2.63. The van der Waals surface area contributed by atoms with Crippen molar-refractivity contribution in [3.63, 3.8) is 0 Å². The SMILES string of the molecule is CCCCN(CC)C(=O)c1ccn(C2CCCNC2)n1. The second kappa shape index (κ2) is 7.43. The largest absolute Gasteiger partial charge is 0.338 e. The average Bonchev–Trinajstić information content (AvgIpc) is 2.98. The van der Waals surface area contributed by atoms with Gasteiger partial charge >= 0.3 is 0 Å². The van der Waals surface area contributed by atoms with Crippen LogP contribution < -0.4 is 5.32 Å². The quantitative estimate of drug-likeness (QED) is 0.866. The number of piperidine rings is 1. The van der Waals surface area contributed by atoms with Crippen molar-refractivity contribution in [2.45, 2.75) is 45.6 Å². The monoisotopic (exact) mass is 278 g/mol. The highest BCUT2D eigenvalue weighted by Gasteiger charge is 2.20. The van der Waals surface area contributed by atoms with Gasteiger partial charge in [0.15, 0.2) is 0 Å². The Labute approximate surface area is 121 Å². The molecular weight excluding hydrogens is 252 g/mol. The summed E-state index contributed by atoms with van der Waals surface area (Å²) in [5.41, 5.74) is 0.577. The Morgan fingerprint density at radius 1 is 1.55 bits per heavy atom. The number of nitrogens with one attached hydrogen (secondary N) is 1. The van der Waals surface area contributed by atoms with Gasteiger partial charge in [-0.2, -0.15) is 5.10 Å². The maximum atomic E-state index is 12.4. The van der Waals surface area contributed by atoms with Gasteiger partial charge in [0.25, 0.3) is 5.91 Å². The van der Waals surface area contributed by atoms with Gasteiger partial charge in [-0.1, -0.05) is 13.3 Å². The molecule has 1 amide bonds. The minimum Gasteiger partial charge on any atom is -0.338 e. The van der Waals surface area contributed by atoms with E-state index >= 15 is 0 Å². The van der Waals surface area contributed by atoms with E-state index in [1.807, 2.05) is 28.8 Å². The summed E-state index contributed by atoms with van der Waals surface area (Å²) < 4.78 is 1.95. The average molecular weight is 278 g/mol. The van der Waals surface area contributed by atoms with Crippen molar-refractivity contribution < 1.29 is 4.79 Å². The van der Waals surface area contributed by atoms with Crippen molar-refractivity contribution in [3.8, 4) is 0 Å². The third-order valence-electron chi connectivity index (χ3n) is 3.92. The Hall–Kier alpha value is -1.36. The van der Waals surface area contributed by atoms with E-state index in [4.69, 9.17) is 0 Å². The lowest BCUT2D eigenvalue weighted by atomic mass is 10.1. The molecule has 2 rings (SSSR count). The van der Waals surface area contributed by atoms with Crippen molar-refractivity contribution >= 4 is 5.91 Å². The van der Waals surface area contributed by atoms with Crippen LogP contribution in [-0.2, 0) is 0 Å². The van der Waals surface area contributed by atoms with Gasteiger partial charge in [0.2, 0.25) is 0 Å². The van der Waals surface area contributed by atoms with Gasteiger partial charge in [0.05, 0.1) is 6.04 Å². The summed E-state index contributed by atoms with van der Waals surface area (Å²) in [6.45, 7) is 7.77. The topological polar surface area (TPSA) is 50.2 Å². The molecule has 5 nitrogen and oxygen atoms in total. The molecule has 0 spiro atoms. The molecule has 0 aliphatic carbocycles. The lowest BCUT2D eigenvalue weighted by molar-refractivity contribution is 0.0755. The van der Waals surface area contributed by atoms with Crippen LogP contribution in [0.25, 0.3) is 0 Å². The number of aromatic nitrogens is 2. The minimum atomic E-state index is 0.0588. The Balaban J connectivity index is 2.01. The Morgan fingerprint density at radius 2 is 2.40 bits per heavy atom. The predicted octanol–water partition coefficient (Wildman–Crippen LogP) is 2.07. The minimum absolute atomic E-state index is 0.0588. The van der Waals surface area contributed by atoms with Gasteiger partial charge < -0.3 is 10.2 Å². The van der Waals surface area contributed by atoms with E-state index in [2.05, 4.69) is 17.3 Å². The summed E-state index contributed by atoms with van der Waals surface area (Å²) in [5, 5.41) is 7.87. The highest BCUT2D eigenvalue weighted by atomic mass is 16.2. The van der Waals surface area contributed by atoms with Crippen LogP contribution in [0.1, 0.15) is 56.1 Å². The number of hydrogen-bond donors (Lipinski definition) is 1. The van der Waals surface area contributed by atoms with E-state index in [1.165, 1.54) is 6.42 Å². The molecule has 0 aromatic carbocycles. The summed E-state index contributed by atoms with van der Waals surface area (Å²) in [6.07, 6.45) is 6.40. The molecule has 20 heavy (non-hydrogen) atoms. The van der Waals surface area contributed by atoms with Gasteiger partial charge in [0.1, 0.15) is 5.69 Å². The fraction of sp³-hybridized carbons (Fsp3) is 0.733. The van der Waals surface area contributed by atoms with Gasteiger partial charge in [-0.3, -0.25) is 9.48 Å². The molecule has 1 N–H and O–H groups in total. The zero-order chi connectivity index (χ0) is 14.4. The van der Waals surface area contributed by atoms with Crippen LogP contribution in [0, 0.1) is 0 Å². The summed E-state index contributed by atoms with van der Waals surface area (Å²) in [5.74, 6) is 0.0588. The number of amides is 1. The molecule has 1 aromatic rings. The number of rotatable bonds is 6. The second-order valence-corrected chi connectivity index (χ2v) is 5.42. The Bertz CT molecular complexity index is 423. The summed E-state index contributed by atoms with van der Waals surface area (Å²) in [6, 6.07) is 2.24. The lowest BCUT2D eigenvalue weighted by Gasteiger charge is -2.23. The first-order valence-electron chi connectivity index (χ1n) is 7.81. The van der Waals surface area contributed by atoms with Gasteiger partial charge in [-0.25, -0.2) is 0 Å². The van der Waals surface area contributed by atoms with Gasteiger partial charge in [-0.05, 0) is 38.8 Å². The number of carbonyl (C=O) groups is 1. The van der Waals surface area contributed by atoms with Crippen LogP contribution in [0.5, 0.6) is 0 Å². The molecule has 112 valence electrons. The predicted molar refractivity (Wildman–Crippen MR) is 79.9 cm³/mol. The van der Waals surface area contributed by atoms with E-state index < -0.39 is 0 Å². The number of unbranched alkanes of at least 4 members (excludes halogenated alkanes) is 1. The van der Waals surface area contributed by atoms with Crippen molar-refractivity contribution in [3.05, 3.63) is 18.0 Å². The molecule has 5 heteroatoms. The number of carbonyl (C=O) groups excluding carboxylic acids is 1. The Kier molecular flexibility index (Phi) is 5.59. The van der Waals surface area contributed by atoms with Crippen molar-refractivity contribution in [1.29, 1.82) is 0 Å². The molecule has 1 saturated heterocycles. The zero-order valence-corrected chi connectivity index (χ0v) is 12.6. The first-order chi connectivity index (χ1) is 9.76. The van der Waals surface area contributed by atoms with Crippen molar-refractivity contribution in [2.75, 3.05) is 26.2 Å². The van der Waals surface area contributed by atoms with Crippen LogP contribution in [0.2, 0.25) is 0 Å². The van der Waals surface area contributed by atoms with Crippen LogP contribution in [0.15, 0.2) is 12.3 Å². The highest BCUT2D eigenvalue weighted by Crippen LogP contribution is 2.16. The molecule has 1 aliphatic heterocycles. The van der Waals surface area contributed by atoms with Crippen molar-refractivity contribution in [1.82, 2.24) is 20.0 Å². The first kappa shape index (κ1) is 15.0. The molecule has 1 fully saturated rings. The lowest BCUT2D eigenvalue weighted by Crippen LogP contribution is -2.33. The summed E-state index contributed by atoms with van der Waals surface area (Å²) in [4.78, 5) is 14.3. The third kappa shape index (κ3) is 3.60. The Morgan fingerprint density at radius 3 is 3.05 bits per heavy atom. The number of hydrogen-bond acceptors (Lipinski definition) is 3. The van der Waals surface area contributed by atoms with Crippen LogP contribution in [-0.4, -0.2) is 46.8 Å². The molecule has 1 unspecified atom stereocenters. The van der Waals surface area contributed by atoms with Gasteiger partial charge in [0, 0.05) is 25.8 Å². The fourth-order valence-electron chi connectivity index (χ4n) is 2.63. The normalized spacial score (nSPS) is 19.0. The highest BCUT2D eigenvalue weighted by molar-refractivity contribution is 5.92. The standard InChI is InChI=1S/C15H26N4O/c1-3-5-10-18(4-2)15(20)14-8-11-19(17-14)13-7-6-9-16-12-13/h8,11,13,16H,3-7,9-10,12H2,1-2H3. The van der Waals surface area contributed by atoms with E-state index in [0.29, 0.717) is 11.7 Å². The molecule has 1 aromatic heterocycles. The van der Waals surface area contributed by atoms with Crippen LogP contribution in [0.4, 0.5) is 0 Å². The third-order valence-corrected chi connectivity index (χ3v) is 3.92. The second-order valence-electron chi connectivity index (χ2n) is 5.42. The van der Waals surface area contributed by atoms with Crippen LogP contribution in [0.3, 0.4) is 0 Å². The molecule has 0 saturated carbocycles. The van der Waals surface area contributed by atoms with E-state index in [-0.39, 0.29) is 5.91 Å². The maximum Gasteiger partial charge on any atom is 0.274 e. The maximum absolute atomic E-state index is 12.4. The van der Waals surface area contributed by atoms with E-state index in [9.17, 15) is 4.79 Å². The van der Waals surface area contributed by atoms with Gasteiger partial charge in [-0.15, -0.1) is 0 Å². The van der Waals surface area contributed by atoms with Crippen molar-refractivity contribution in [2.24, 2.45) is 0 Å². The van der Waals surface area contributed by atoms with E-state index in [1.54, 1.807) is 0 Å². The summed E-state index contributed by atoms with van der Waals surface area (Å²) >= 11 is 0. The molecule has 2 heterocycles. The smallest absolute Gasteiger partial charge is 0.274 e. The molecular formula is C15H26N4O. The molecule has 1 atom stereocenters. The molecule has 1 aliphatic rings. The summed E-state index contributed by atoms with van der Waals surface area (Å²) in [7, 11) is 0. The van der Waals surface area contributed by atoms with E-state index in [0.717, 1.165) is 45.4 Å².